The maximum absolute atomic E-state index is 14.0. The van der Waals surface area contributed by atoms with E-state index in [4.69, 9.17) is 0 Å². The van der Waals surface area contributed by atoms with Gasteiger partial charge in [0.2, 0.25) is 5.91 Å². The fourth-order valence-electron chi connectivity index (χ4n) is 3.92. The smallest absolute Gasteiger partial charge is 0.224 e. The van der Waals surface area contributed by atoms with Gasteiger partial charge in [0.25, 0.3) is 0 Å². The Kier molecular flexibility index (Phi) is 7.23. The van der Waals surface area contributed by atoms with Crippen molar-refractivity contribution < 1.29 is 9.18 Å². The summed E-state index contributed by atoms with van der Waals surface area (Å²) in [7, 11) is 0. The van der Waals surface area contributed by atoms with Crippen molar-refractivity contribution in [1.82, 2.24) is 5.32 Å². The van der Waals surface area contributed by atoms with Crippen molar-refractivity contribution >= 4 is 34.9 Å². The van der Waals surface area contributed by atoms with Crippen LogP contribution in [-0.2, 0) is 11.2 Å². The van der Waals surface area contributed by atoms with Crippen LogP contribution in [0, 0.1) is 5.82 Å². The number of rotatable bonds is 8. The summed E-state index contributed by atoms with van der Waals surface area (Å²) in [6, 6.07) is 23.4. The van der Waals surface area contributed by atoms with Crippen LogP contribution in [0.4, 0.5) is 4.39 Å². The number of benzene rings is 3. The van der Waals surface area contributed by atoms with Crippen LogP contribution in [0.1, 0.15) is 35.1 Å². The lowest BCUT2D eigenvalue weighted by molar-refractivity contribution is -0.120. The van der Waals surface area contributed by atoms with Crippen LogP contribution in [0.3, 0.4) is 0 Å². The molecule has 0 heterocycles. The van der Waals surface area contributed by atoms with Gasteiger partial charge in [-0.15, -0.1) is 11.8 Å². The number of hydrogen-bond donors (Lipinski definition) is 1. The highest BCUT2D eigenvalue weighted by molar-refractivity contribution is 7.98. The Morgan fingerprint density at radius 2 is 1.78 bits per heavy atom. The summed E-state index contributed by atoms with van der Waals surface area (Å²) in [5.74, 6) is -0.325. The Bertz CT molecular complexity index is 1150. The number of amides is 1. The zero-order chi connectivity index (χ0) is 22.3. The van der Waals surface area contributed by atoms with Crippen LogP contribution >= 0.6 is 11.8 Å². The summed E-state index contributed by atoms with van der Waals surface area (Å²) in [5, 5.41) is 3.01. The first-order valence-corrected chi connectivity index (χ1v) is 12.0. The standard InChI is InChI=1S/C28H26FNOS/c1-32-25-12-9-21(10-13-25)16-22-17-23(27-19-24(29)11-14-26(22)27)18-28(31)30-15-5-8-20-6-3-2-4-7-20/h2-4,6-7,9-14,16-17,19H,5,8,15,18H2,1H3,(H,30,31). The molecule has 0 radical (unpaired) electrons. The zero-order valence-electron chi connectivity index (χ0n) is 18.1. The van der Waals surface area contributed by atoms with Gasteiger partial charge in [-0.25, -0.2) is 4.39 Å². The Balaban J connectivity index is 1.43. The molecule has 3 aromatic carbocycles. The third-order valence-electron chi connectivity index (χ3n) is 5.56. The number of halogens is 1. The second-order valence-corrected chi connectivity index (χ2v) is 8.73. The van der Waals surface area contributed by atoms with Crippen molar-refractivity contribution in [3.63, 3.8) is 0 Å². The van der Waals surface area contributed by atoms with E-state index in [1.165, 1.54) is 22.6 Å². The summed E-state index contributed by atoms with van der Waals surface area (Å²) < 4.78 is 14.0. The second-order valence-electron chi connectivity index (χ2n) is 7.85. The molecule has 1 N–H and O–H groups in total. The zero-order valence-corrected chi connectivity index (χ0v) is 18.9. The quantitative estimate of drug-likeness (QED) is 0.313. The average molecular weight is 444 g/mol. The molecule has 0 atom stereocenters. The normalized spacial score (nSPS) is 13.7. The largest absolute Gasteiger partial charge is 0.356 e. The highest BCUT2D eigenvalue weighted by atomic mass is 32.2. The molecule has 0 saturated carbocycles. The maximum atomic E-state index is 14.0. The maximum Gasteiger partial charge on any atom is 0.224 e. The minimum Gasteiger partial charge on any atom is -0.356 e. The third-order valence-corrected chi connectivity index (χ3v) is 6.31. The lowest BCUT2D eigenvalue weighted by atomic mass is 10.0. The molecule has 4 rings (SSSR count). The van der Waals surface area contributed by atoms with E-state index in [-0.39, 0.29) is 18.1 Å². The van der Waals surface area contributed by atoms with Crippen molar-refractivity contribution in [3.8, 4) is 0 Å². The van der Waals surface area contributed by atoms with Crippen molar-refractivity contribution in [2.45, 2.75) is 24.2 Å². The molecular formula is C28H26FNOS. The molecule has 2 nitrogen and oxygen atoms in total. The molecule has 0 spiro atoms. The fraction of sp³-hybridized carbons (Fsp3) is 0.179. The molecule has 0 bridgehead atoms. The second kappa shape index (κ2) is 10.5. The Morgan fingerprint density at radius 1 is 1.00 bits per heavy atom. The Hall–Kier alpha value is -3.11. The van der Waals surface area contributed by atoms with Gasteiger partial charge in [0.05, 0.1) is 6.42 Å². The molecule has 0 saturated heterocycles. The minimum absolute atomic E-state index is 0.0369. The van der Waals surface area contributed by atoms with Gasteiger partial charge >= 0.3 is 0 Å². The van der Waals surface area contributed by atoms with Crippen LogP contribution in [0.2, 0.25) is 0 Å². The first kappa shape index (κ1) is 22.1. The van der Waals surface area contributed by atoms with E-state index in [1.807, 2.05) is 24.3 Å². The fourth-order valence-corrected chi connectivity index (χ4v) is 4.33. The predicted molar refractivity (Wildman–Crippen MR) is 133 cm³/mol. The van der Waals surface area contributed by atoms with E-state index in [2.05, 4.69) is 54.0 Å². The van der Waals surface area contributed by atoms with Gasteiger partial charge in [-0.1, -0.05) is 48.5 Å². The lowest BCUT2D eigenvalue weighted by Crippen LogP contribution is -2.24. The molecule has 0 aromatic heterocycles. The number of nitrogens with one attached hydrogen (secondary N) is 1. The van der Waals surface area contributed by atoms with E-state index in [1.54, 1.807) is 17.8 Å². The molecule has 0 unspecified atom stereocenters. The van der Waals surface area contributed by atoms with Crippen LogP contribution < -0.4 is 5.32 Å². The van der Waals surface area contributed by atoms with Gasteiger partial charge in [0.1, 0.15) is 5.82 Å². The van der Waals surface area contributed by atoms with E-state index < -0.39 is 0 Å². The van der Waals surface area contributed by atoms with Crippen LogP contribution in [0.25, 0.3) is 17.2 Å². The number of hydrogen-bond acceptors (Lipinski definition) is 2. The Labute approximate surface area is 193 Å². The molecule has 1 amide bonds. The topological polar surface area (TPSA) is 29.1 Å². The van der Waals surface area contributed by atoms with Gasteiger partial charge in [-0.2, -0.15) is 0 Å². The van der Waals surface area contributed by atoms with Gasteiger partial charge in [0, 0.05) is 11.4 Å². The number of carbonyl (C=O) groups is 1. The van der Waals surface area contributed by atoms with Crippen LogP contribution in [0.5, 0.6) is 0 Å². The van der Waals surface area contributed by atoms with Crippen molar-refractivity contribution in [2.24, 2.45) is 0 Å². The summed E-state index contributed by atoms with van der Waals surface area (Å²) in [5.41, 5.74) is 5.97. The number of carbonyl (C=O) groups excluding carboxylic acids is 1. The van der Waals surface area contributed by atoms with E-state index in [0.29, 0.717) is 6.54 Å². The van der Waals surface area contributed by atoms with Gasteiger partial charge in [0.15, 0.2) is 0 Å². The number of aryl methyl sites for hydroxylation is 1. The summed E-state index contributed by atoms with van der Waals surface area (Å²) in [6.07, 6.45) is 8.21. The highest BCUT2D eigenvalue weighted by Gasteiger charge is 2.21. The monoisotopic (exact) mass is 443 g/mol. The van der Waals surface area contributed by atoms with Crippen LogP contribution in [-0.4, -0.2) is 18.7 Å². The molecule has 162 valence electrons. The predicted octanol–water partition coefficient (Wildman–Crippen LogP) is 6.62. The summed E-state index contributed by atoms with van der Waals surface area (Å²) in [4.78, 5) is 13.8. The SMILES string of the molecule is CSc1ccc(C=C2C=C(CC(=O)NCCCc3ccccc3)c3cc(F)ccc32)cc1. The van der Waals surface area contributed by atoms with Crippen molar-refractivity contribution in [1.29, 1.82) is 0 Å². The molecular weight excluding hydrogens is 417 g/mol. The average Bonchev–Trinajstić information content (AvgIpc) is 3.14. The molecule has 3 aromatic rings. The van der Waals surface area contributed by atoms with Gasteiger partial charge in [-0.05, 0) is 88.9 Å². The molecule has 1 aliphatic rings. The van der Waals surface area contributed by atoms with E-state index in [9.17, 15) is 9.18 Å². The number of thioether (sulfide) groups is 1. The number of fused-ring (bicyclic) bond motifs is 1. The first-order valence-electron chi connectivity index (χ1n) is 10.8. The summed E-state index contributed by atoms with van der Waals surface area (Å²) >= 11 is 1.71. The first-order chi connectivity index (χ1) is 15.6. The van der Waals surface area contributed by atoms with Crippen molar-refractivity contribution in [3.05, 3.63) is 107 Å². The van der Waals surface area contributed by atoms with E-state index >= 15 is 0 Å². The van der Waals surface area contributed by atoms with E-state index in [0.717, 1.165) is 40.7 Å². The molecule has 4 heteroatoms. The molecule has 1 aliphatic carbocycles. The van der Waals surface area contributed by atoms with Crippen molar-refractivity contribution in [2.75, 3.05) is 12.8 Å². The molecule has 0 fully saturated rings. The lowest BCUT2D eigenvalue weighted by Gasteiger charge is -2.08. The molecule has 32 heavy (non-hydrogen) atoms. The Morgan fingerprint density at radius 3 is 2.53 bits per heavy atom. The van der Waals surface area contributed by atoms with Gasteiger partial charge < -0.3 is 5.32 Å². The summed E-state index contributed by atoms with van der Waals surface area (Å²) in [6.45, 7) is 0.626. The highest BCUT2D eigenvalue weighted by Crippen LogP contribution is 2.38. The number of allylic oxidation sites excluding steroid dienone is 2. The third kappa shape index (κ3) is 5.57. The minimum atomic E-state index is -0.288. The van der Waals surface area contributed by atoms with Crippen LogP contribution in [0.15, 0.2) is 83.8 Å². The molecule has 0 aliphatic heterocycles. The van der Waals surface area contributed by atoms with Gasteiger partial charge in [-0.3, -0.25) is 4.79 Å².